The summed E-state index contributed by atoms with van der Waals surface area (Å²) >= 11 is 0. The third-order valence-electron chi connectivity index (χ3n) is 5.41. The Morgan fingerprint density at radius 1 is 0.862 bits per heavy atom. The lowest BCUT2D eigenvalue weighted by Crippen LogP contribution is -2.48. The van der Waals surface area contributed by atoms with Crippen LogP contribution in [-0.2, 0) is 17.8 Å². The molecular formula is C23H30N2O4. The number of methoxy groups -OCH3 is 3. The first-order chi connectivity index (χ1) is 14.1. The van der Waals surface area contributed by atoms with Gasteiger partial charge in [0.15, 0.2) is 0 Å². The molecule has 3 rings (SSSR count). The van der Waals surface area contributed by atoms with Gasteiger partial charge in [0.1, 0.15) is 17.2 Å². The Hall–Kier alpha value is -2.73. The number of hydrogen-bond acceptors (Lipinski definition) is 5. The molecule has 0 spiro atoms. The van der Waals surface area contributed by atoms with E-state index >= 15 is 0 Å². The first-order valence-electron chi connectivity index (χ1n) is 9.97. The van der Waals surface area contributed by atoms with E-state index in [-0.39, 0.29) is 5.91 Å². The van der Waals surface area contributed by atoms with Gasteiger partial charge in [-0.3, -0.25) is 9.69 Å². The van der Waals surface area contributed by atoms with Crippen molar-refractivity contribution in [2.75, 3.05) is 47.5 Å². The van der Waals surface area contributed by atoms with Crippen LogP contribution in [0, 0.1) is 0 Å². The molecule has 0 aromatic heterocycles. The molecule has 0 saturated carbocycles. The number of rotatable bonds is 8. The van der Waals surface area contributed by atoms with Gasteiger partial charge in [0, 0.05) is 44.7 Å². The molecule has 29 heavy (non-hydrogen) atoms. The molecule has 1 aliphatic rings. The fraction of sp³-hybridized carbons (Fsp3) is 0.435. The van der Waals surface area contributed by atoms with E-state index in [1.807, 2.05) is 47.4 Å². The minimum Gasteiger partial charge on any atom is -0.497 e. The summed E-state index contributed by atoms with van der Waals surface area (Å²) in [5.74, 6) is 2.74. The Bertz CT molecular complexity index is 816. The van der Waals surface area contributed by atoms with Crippen molar-refractivity contribution in [2.24, 2.45) is 0 Å². The van der Waals surface area contributed by atoms with E-state index in [0.29, 0.717) is 12.8 Å². The highest BCUT2D eigenvalue weighted by Crippen LogP contribution is 2.26. The number of benzene rings is 2. The van der Waals surface area contributed by atoms with Gasteiger partial charge in [-0.05, 0) is 36.2 Å². The second kappa shape index (κ2) is 10.2. The van der Waals surface area contributed by atoms with Gasteiger partial charge in [0.2, 0.25) is 5.91 Å². The van der Waals surface area contributed by atoms with Crippen LogP contribution in [0.3, 0.4) is 0 Å². The molecule has 0 bridgehead atoms. The summed E-state index contributed by atoms with van der Waals surface area (Å²) in [5, 5.41) is 0. The fourth-order valence-corrected chi connectivity index (χ4v) is 3.71. The summed E-state index contributed by atoms with van der Waals surface area (Å²) in [6, 6.07) is 13.7. The van der Waals surface area contributed by atoms with Crippen LogP contribution < -0.4 is 14.2 Å². The number of aryl methyl sites for hydroxylation is 1. The molecule has 156 valence electrons. The van der Waals surface area contributed by atoms with Crippen LogP contribution in [-0.4, -0.2) is 63.2 Å². The number of carbonyl (C=O) groups is 1. The van der Waals surface area contributed by atoms with Crippen molar-refractivity contribution >= 4 is 5.91 Å². The molecule has 0 radical (unpaired) electrons. The van der Waals surface area contributed by atoms with Gasteiger partial charge in [-0.1, -0.05) is 18.2 Å². The average Bonchev–Trinajstić information content (AvgIpc) is 2.78. The summed E-state index contributed by atoms with van der Waals surface area (Å²) < 4.78 is 16.2. The van der Waals surface area contributed by atoms with Gasteiger partial charge < -0.3 is 19.1 Å². The normalized spacial score (nSPS) is 14.5. The molecular weight excluding hydrogens is 368 g/mol. The Kier molecular flexibility index (Phi) is 7.36. The van der Waals surface area contributed by atoms with Crippen LogP contribution in [0.5, 0.6) is 17.2 Å². The van der Waals surface area contributed by atoms with Crippen molar-refractivity contribution in [3.05, 3.63) is 53.6 Å². The van der Waals surface area contributed by atoms with E-state index < -0.39 is 0 Å². The highest BCUT2D eigenvalue weighted by molar-refractivity contribution is 5.76. The molecule has 1 saturated heterocycles. The quantitative estimate of drug-likeness (QED) is 0.684. The molecule has 6 nitrogen and oxygen atoms in total. The second-order valence-corrected chi connectivity index (χ2v) is 7.15. The number of para-hydroxylation sites is 1. The molecule has 1 fully saturated rings. The minimum absolute atomic E-state index is 0.203. The van der Waals surface area contributed by atoms with Crippen molar-refractivity contribution in [1.29, 1.82) is 0 Å². The molecule has 2 aromatic rings. The molecule has 6 heteroatoms. The molecule has 0 N–H and O–H groups in total. The lowest BCUT2D eigenvalue weighted by atomic mass is 10.1. The Morgan fingerprint density at radius 2 is 1.55 bits per heavy atom. The maximum atomic E-state index is 12.7. The average molecular weight is 399 g/mol. The summed E-state index contributed by atoms with van der Waals surface area (Å²) in [7, 11) is 5.02. The smallest absolute Gasteiger partial charge is 0.222 e. The van der Waals surface area contributed by atoms with E-state index in [9.17, 15) is 4.79 Å². The van der Waals surface area contributed by atoms with Crippen molar-refractivity contribution < 1.29 is 19.0 Å². The van der Waals surface area contributed by atoms with Crippen molar-refractivity contribution in [2.45, 2.75) is 19.4 Å². The predicted molar refractivity (Wildman–Crippen MR) is 113 cm³/mol. The van der Waals surface area contributed by atoms with Gasteiger partial charge >= 0.3 is 0 Å². The highest BCUT2D eigenvalue weighted by Gasteiger charge is 2.22. The van der Waals surface area contributed by atoms with Crippen LogP contribution in [0.4, 0.5) is 0 Å². The van der Waals surface area contributed by atoms with Crippen LogP contribution in [0.25, 0.3) is 0 Å². The van der Waals surface area contributed by atoms with E-state index in [1.165, 1.54) is 0 Å². The van der Waals surface area contributed by atoms with E-state index in [0.717, 1.165) is 61.1 Å². The van der Waals surface area contributed by atoms with Gasteiger partial charge in [0.25, 0.3) is 0 Å². The maximum Gasteiger partial charge on any atom is 0.222 e. The third kappa shape index (κ3) is 5.41. The standard InChI is InChI=1S/C23H30N2O4/c1-27-20-9-10-22(29-3)19(16-20)17-24-12-14-25(15-13-24)23(26)11-8-18-6-4-5-7-21(18)28-2/h4-7,9-10,16H,8,11-15,17H2,1-3H3. The number of carbonyl (C=O) groups excluding carboxylic acids is 1. The molecule has 0 unspecified atom stereocenters. The van der Waals surface area contributed by atoms with Crippen LogP contribution in [0.15, 0.2) is 42.5 Å². The zero-order valence-electron chi connectivity index (χ0n) is 17.5. The van der Waals surface area contributed by atoms with Gasteiger partial charge in [-0.15, -0.1) is 0 Å². The second-order valence-electron chi connectivity index (χ2n) is 7.15. The summed E-state index contributed by atoms with van der Waals surface area (Å²) in [6.45, 7) is 3.97. The minimum atomic E-state index is 0.203. The van der Waals surface area contributed by atoms with E-state index in [2.05, 4.69) is 4.90 Å². The lowest BCUT2D eigenvalue weighted by Gasteiger charge is -2.35. The molecule has 1 amide bonds. The number of amides is 1. The van der Waals surface area contributed by atoms with Gasteiger partial charge in [0.05, 0.1) is 21.3 Å². The first-order valence-corrected chi connectivity index (χ1v) is 9.97. The SMILES string of the molecule is COc1ccc(OC)c(CN2CCN(C(=O)CCc3ccccc3OC)CC2)c1. The van der Waals surface area contributed by atoms with Crippen molar-refractivity contribution in [3.8, 4) is 17.2 Å². The van der Waals surface area contributed by atoms with Gasteiger partial charge in [-0.2, -0.15) is 0 Å². The maximum absolute atomic E-state index is 12.7. The molecule has 1 heterocycles. The van der Waals surface area contributed by atoms with E-state index in [4.69, 9.17) is 14.2 Å². The molecule has 2 aromatic carbocycles. The molecule has 1 aliphatic heterocycles. The third-order valence-corrected chi connectivity index (χ3v) is 5.41. The largest absolute Gasteiger partial charge is 0.497 e. The van der Waals surface area contributed by atoms with Crippen LogP contribution >= 0.6 is 0 Å². The number of piperazine rings is 1. The Morgan fingerprint density at radius 3 is 2.24 bits per heavy atom. The first kappa shape index (κ1) is 21.0. The van der Waals surface area contributed by atoms with Crippen LogP contribution in [0.1, 0.15) is 17.5 Å². The Labute approximate surface area is 173 Å². The lowest BCUT2D eigenvalue weighted by molar-refractivity contribution is -0.133. The van der Waals surface area contributed by atoms with Gasteiger partial charge in [-0.25, -0.2) is 0 Å². The van der Waals surface area contributed by atoms with Crippen molar-refractivity contribution in [1.82, 2.24) is 9.80 Å². The van der Waals surface area contributed by atoms with Crippen molar-refractivity contribution in [3.63, 3.8) is 0 Å². The monoisotopic (exact) mass is 398 g/mol. The predicted octanol–water partition coefficient (Wildman–Crippen LogP) is 2.99. The zero-order chi connectivity index (χ0) is 20.6. The Balaban J connectivity index is 1.51. The fourth-order valence-electron chi connectivity index (χ4n) is 3.71. The summed E-state index contributed by atoms with van der Waals surface area (Å²) in [4.78, 5) is 17.0. The summed E-state index contributed by atoms with van der Waals surface area (Å²) in [6.07, 6.45) is 1.20. The number of hydrogen-bond donors (Lipinski definition) is 0. The topological polar surface area (TPSA) is 51.2 Å². The highest BCUT2D eigenvalue weighted by atomic mass is 16.5. The molecule has 0 aliphatic carbocycles. The van der Waals surface area contributed by atoms with E-state index in [1.54, 1.807) is 21.3 Å². The zero-order valence-corrected chi connectivity index (χ0v) is 17.5. The van der Waals surface area contributed by atoms with Crippen LogP contribution in [0.2, 0.25) is 0 Å². The summed E-state index contributed by atoms with van der Waals surface area (Å²) in [5.41, 5.74) is 2.18. The molecule has 0 atom stereocenters. The number of ether oxygens (including phenoxy) is 3. The number of nitrogens with zero attached hydrogens (tertiary/aromatic N) is 2.